The second-order valence-electron chi connectivity index (χ2n) is 7.52. The van der Waals surface area contributed by atoms with Crippen LogP contribution in [0.1, 0.15) is 38.2 Å². The largest absolute Gasteiger partial charge is 0.352 e. The third kappa shape index (κ3) is 4.27. The normalized spacial score (nSPS) is 27.8. The molecule has 1 aromatic rings. The molecule has 0 spiro atoms. The van der Waals surface area contributed by atoms with Crippen LogP contribution < -0.4 is 10.6 Å². The molecule has 0 saturated carbocycles. The summed E-state index contributed by atoms with van der Waals surface area (Å²) in [4.78, 5) is 13.0. The SMILES string of the molecule is Cc1ccc(S(=O)(=O)N2CCCC(C(=O)NC3CCCNC3C)C2)cc1. The molecule has 2 aliphatic rings. The Morgan fingerprint density at radius 1 is 1.19 bits per heavy atom. The standard InChI is InChI=1S/C19H29N3O3S/c1-14-7-9-17(10-8-14)26(24,25)22-12-4-5-16(13-22)19(23)21-18-6-3-11-20-15(18)2/h7-10,15-16,18,20H,3-6,11-13H2,1-2H3,(H,21,23). The Morgan fingerprint density at radius 3 is 2.62 bits per heavy atom. The van der Waals surface area contributed by atoms with Crippen LogP contribution >= 0.6 is 0 Å². The van der Waals surface area contributed by atoms with Crippen molar-refractivity contribution in [2.75, 3.05) is 19.6 Å². The number of aryl methyl sites for hydroxylation is 1. The van der Waals surface area contributed by atoms with Crippen LogP contribution in [0.3, 0.4) is 0 Å². The number of piperidine rings is 2. The first-order chi connectivity index (χ1) is 12.4. The molecule has 6 nitrogen and oxygen atoms in total. The first-order valence-electron chi connectivity index (χ1n) is 9.48. The van der Waals surface area contributed by atoms with Crippen molar-refractivity contribution in [1.29, 1.82) is 0 Å². The van der Waals surface area contributed by atoms with E-state index in [9.17, 15) is 13.2 Å². The summed E-state index contributed by atoms with van der Waals surface area (Å²) in [6.45, 7) is 5.73. The van der Waals surface area contributed by atoms with Crippen molar-refractivity contribution in [2.45, 2.75) is 56.5 Å². The molecule has 3 unspecified atom stereocenters. The number of benzene rings is 1. The van der Waals surface area contributed by atoms with Gasteiger partial charge in [0.1, 0.15) is 0 Å². The fraction of sp³-hybridized carbons (Fsp3) is 0.632. The zero-order valence-electron chi connectivity index (χ0n) is 15.6. The van der Waals surface area contributed by atoms with Gasteiger partial charge in [-0.25, -0.2) is 8.42 Å². The first kappa shape index (κ1) is 19.3. The van der Waals surface area contributed by atoms with Crippen LogP contribution in [0.25, 0.3) is 0 Å². The van der Waals surface area contributed by atoms with E-state index in [-0.39, 0.29) is 30.5 Å². The summed E-state index contributed by atoms with van der Waals surface area (Å²) in [6.07, 6.45) is 3.47. The maximum atomic E-state index is 12.9. The lowest BCUT2D eigenvalue weighted by Gasteiger charge is -2.35. The van der Waals surface area contributed by atoms with Gasteiger partial charge in [0.15, 0.2) is 0 Å². The van der Waals surface area contributed by atoms with Crippen molar-refractivity contribution in [2.24, 2.45) is 5.92 Å². The third-order valence-corrected chi connectivity index (χ3v) is 7.38. The summed E-state index contributed by atoms with van der Waals surface area (Å²) < 4.78 is 27.3. The average Bonchev–Trinajstić information content (AvgIpc) is 2.64. The highest BCUT2D eigenvalue weighted by molar-refractivity contribution is 7.89. The minimum atomic E-state index is -3.55. The third-order valence-electron chi connectivity index (χ3n) is 5.50. The summed E-state index contributed by atoms with van der Waals surface area (Å²) in [5, 5.41) is 6.51. The number of nitrogens with zero attached hydrogens (tertiary/aromatic N) is 1. The van der Waals surface area contributed by atoms with Crippen molar-refractivity contribution in [3.8, 4) is 0 Å². The molecule has 0 radical (unpaired) electrons. The van der Waals surface area contributed by atoms with E-state index in [0.717, 1.165) is 31.4 Å². The fourth-order valence-corrected chi connectivity index (χ4v) is 5.30. The molecule has 144 valence electrons. The molecule has 1 aromatic carbocycles. The van der Waals surface area contributed by atoms with Gasteiger partial charge >= 0.3 is 0 Å². The van der Waals surface area contributed by atoms with E-state index >= 15 is 0 Å². The van der Waals surface area contributed by atoms with Crippen molar-refractivity contribution in [1.82, 2.24) is 14.9 Å². The molecular weight excluding hydrogens is 350 g/mol. The fourth-order valence-electron chi connectivity index (χ4n) is 3.78. The van der Waals surface area contributed by atoms with E-state index in [1.807, 2.05) is 6.92 Å². The molecule has 3 rings (SSSR count). The first-order valence-corrected chi connectivity index (χ1v) is 10.9. The van der Waals surface area contributed by atoms with Gasteiger partial charge in [-0.2, -0.15) is 4.31 Å². The Hall–Kier alpha value is -1.44. The van der Waals surface area contributed by atoms with Gasteiger partial charge in [-0.1, -0.05) is 17.7 Å². The number of carbonyl (C=O) groups is 1. The highest BCUT2D eigenvalue weighted by Gasteiger charge is 2.34. The van der Waals surface area contributed by atoms with Gasteiger partial charge in [0.2, 0.25) is 15.9 Å². The van der Waals surface area contributed by atoms with Gasteiger partial charge < -0.3 is 10.6 Å². The Morgan fingerprint density at radius 2 is 1.92 bits per heavy atom. The molecule has 26 heavy (non-hydrogen) atoms. The van der Waals surface area contributed by atoms with Crippen LogP contribution in [-0.4, -0.2) is 50.3 Å². The monoisotopic (exact) mass is 379 g/mol. The number of carbonyl (C=O) groups excluding carboxylic acids is 1. The molecule has 0 bridgehead atoms. The number of amides is 1. The average molecular weight is 380 g/mol. The van der Waals surface area contributed by atoms with Gasteiger partial charge in [0, 0.05) is 25.2 Å². The molecule has 2 N–H and O–H groups in total. The van der Waals surface area contributed by atoms with Crippen LogP contribution in [0.2, 0.25) is 0 Å². The number of hydrogen-bond donors (Lipinski definition) is 2. The minimum absolute atomic E-state index is 0.0191. The zero-order valence-corrected chi connectivity index (χ0v) is 16.4. The summed E-state index contributed by atoms with van der Waals surface area (Å²) in [7, 11) is -3.55. The molecule has 1 amide bonds. The Bertz CT molecular complexity index is 733. The topological polar surface area (TPSA) is 78.5 Å². The molecule has 2 aliphatic heterocycles. The van der Waals surface area contributed by atoms with E-state index in [1.165, 1.54) is 4.31 Å². The Kier molecular flexibility index (Phi) is 5.99. The summed E-state index contributed by atoms with van der Waals surface area (Å²) in [5.74, 6) is -0.299. The lowest BCUT2D eigenvalue weighted by atomic mass is 9.95. The lowest BCUT2D eigenvalue weighted by molar-refractivity contribution is -0.127. The Balaban J connectivity index is 1.66. The minimum Gasteiger partial charge on any atom is -0.352 e. The van der Waals surface area contributed by atoms with E-state index < -0.39 is 10.0 Å². The molecular formula is C19H29N3O3S. The quantitative estimate of drug-likeness (QED) is 0.834. The molecule has 2 fully saturated rings. The van der Waals surface area contributed by atoms with Crippen molar-refractivity contribution in [3.63, 3.8) is 0 Å². The number of rotatable bonds is 4. The Labute approximate surface area is 156 Å². The van der Waals surface area contributed by atoms with Gasteiger partial charge in [-0.05, 0) is 58.2 Å². The van der Waals surface area contributed by atoms with E-state index in [1.54, 1.807) is 24.3 Å². The zero-order chi connectivity index (χ0) is 18.7. The predicted molar refractivity (Wildman–Crippen MR) is 101 cm³/mol. The van der Waals surface area contributed by atoms with Gasteiger partial charge in [0.25, 0.3) is 0 Å². The van der Waals surface area contributed by atoms with Crippen molar-refractivity contribution in [3.05, 3.63) is 29.8 Å². The number of hydrogen-bond acceptors (Lipinski definition) is 4. The van der Waals surface area contributed by atoms with E-state index in [4.69, 9.17) is 0 Å². The van der Waals surface area contributed by atoms with E-state index in [0.29, 0.717) is 17.9 Å². The van der Waals surface area contributed by atoms with Crippen LogP contribution in [0.5, 0.6) is 0 Å². The van der Waals surface area contributed by atoms with Gasteiger partial charge in [-0.15, -0.1) is 0 Å². The molecule has 2 heterocycles. The van der Waals surface area contributed by atoms with Gasteiger partial charge in [-0.3, -0.25) is 4.79 Å². The molecule has 0 aliphatic carbocycles. The molecule has 2 saturated heterocycles. The maximum absolute atomic E-state index is 12.9. The number of nitrogens with one attached hydrogen (secondary N) is 2. The highest BCUT2D eigenvalue weighted by atomic mass is 32.2. The second kappa shape index (κ2) is 8.06. The molecule has 3 atom stereocenters. The van der Waals surface area contributed by atoms with Crippen molar-refractivity contribution >= 4 is 15.9 Å². The van der Waals surface area contributed by atoms with Crippen LogP contribution in [-0.2, 0) is 14.8 Å². The number of sulfonamides is 1. The second-order valence-corrected chi connectivity index (χ2v) is 9.45. The van der Waals surface area contributed by atoms with Crippen LogP contribution in [0, 0.1) is 12.8 Å². The van der Waals surface area contributed by atoms with Gasteiger partial charge in [0.05, 0.1) is 10.8 Å². The highest BCUT2D eigenvalue weighted by Crippen LogP contribution is 2.24. The molecule has 0 aromatic heterocycles. The lowest BCUT2D eigenvalue weighted by Crippen LogP contribution is -2.54. The summed E-state index contributed by atoms with van der Waals surface area (Å²) in [5.41, 5.74) is 1.02. The van der Waals surface area contributed by atoms with Crippen LogP contribution in [0.15, 0.2) is 29.2 Å². The predicted octanol–water partition coefficient (Wildman–Crippen LogP) is 1.65. The van der Waals surface area contributed by atoms with E-state index in [2.05, 4.69) is 17.6 Å². The smallest absolute Gasteiger partial charge is 0.243 e. The van der Waals surface area contributed by atoms with Crippen molar-refractivity contribution < 1.29 is 13.2 Å². The summed E-state index contributed by atoms with van der Waals surface area (Å²) >= 11 is 0. The van der Waals surface area contributed by atoms with Crippen LogP contribution in [0.4, 0.5) is 0 Å². The maximum Gasteiger partial charge on any atom is 0.243 e. The molecule has 7 heteroatoms. The summed E-state index contributed by atoms with van der Waals surface area (Å²) in [6, 6.07) is 7.27.